The van der Waals surface area contributed by atoms with Gasteiger partial charge in [0.25, 0.3) is 0 Å². The Balaban J connectivity index is 2.28. The van der Waals surface area contributed by atoms with Gasteiger partial charge < -0.3 is 16.8 Å². The lowest BCUT2D eigenvalue weighted by Gasteiger charge is -2.09. The summed E-state index contributed by atoms with van der Waals surface area (Å²) in [5.74, 6) is 0.917. The van der Waals surface area contributed by atoms with Gasteiger partial charge in [-0.2, -0.15) is 0 Å². The van der Waals surface area contributed by atoms with E-state index < -0.39 is 0 Å². The average Bonchev–Trinajstić information content (AvgIpc) is 2.27. The Kier molecular flexibility index (Phi) is 3.06. The van der Waals surface area contributed by atoms with Crippen LogP contribution in [-0.2, 0) is 0 Å². The number of nitrogens with one attached hydrogen (secondary N) is 1. The van der Waals surface area contributed by atoms with Crippen molar-refractivity contribution >= 4 is 34.6 Å². The molecule has 1 heterocycles. The summed E-state index contributed by atoms with van der Waals surface area (Å²) in [7, 11) is 0. The number of nitrogens with two attached hydrogens (primary N) is 2. The number of aryl methyl sites for hydroxylation is 1. The smallest absolute Gasteiger partial charge is 0.149 e. The largest absolute Gasteiger partial charge is 0.396 e. The Morgan fingerprint density at radius 2 is 1.94 bits per heavy atom. The molecule has 4 nitrogen and oxygen atoms in total. The highest BCUT2D eigenvalue weighted by Gasteiger charge is 2.03. The fourth-order valence-electron chi connectivity index (χ4n) is 1.41. The molecule has 0 bridgehead atoms. The van der Waals surface area contributed by atoms with E-state index in [2.05, 4.69) is 10.3 Å². The van der Waals surface area contributed by atoms with Crippen molar-refractivity contribution in [1.82, 2.24) is 4.98 Å². The number of nitrogens with zero attached hydrogens (tertiary/aromatic N) is 1. The normalized spacial score (nSPS) is 10.2. The molecular weight excluding hydrogens is 236 g/mol. The SMILES string of the molecule is Cc1ccc(Nc2ccc(N)c(N)n2)c(Cl)c1. The van der Waals surface area contributed by atoms with E-state index >= 15 is 0 Å². The summed E-state index contributed by atoms with van der Waals surface area (Å²) in [5, 5.41) is 3.73. The summed E-state index contributed by atoms with van der Waals surface area (Å²) < 4.78 is 0. The fourth-order valence-corrected chi connectivity index (χ4v) is 1.70. The van der Waals surface area contributed by atoms with Gasteiger partial charge in [0.1, 0.15) is 11.6 Å². The van der Waals surface area contributed by atoms with Crippen LogP contribution in [0.2, 0.25) is 5.02 Å². The van der Waals surface area contributed by atoms with Gasteiger partial charge in [0.2, 0.25) is 0 Å². The number of pyridine rings is 1. The number of aromatic nitrogens is 1. The van der Waals surface area contributed by atoms with Gasteiger partial charge >= 0.3 is 0 Å². The van der Waals surface area contributed by atoms with Crippen molar-refractivity contribution in [2.24, 2.45) is 0 Å². The first-order chi connectivity index (χ1) is 8.06. The number of nitrogen functional groups attached to an aromatic ring is 2. The van der Waals surface area contributed by atoms with Gasteiger partial charge in [0, 0.05) is 0 Å². The molecule has 0 aliphatic rings. The van der Waals surface area contributed by atoms with Crippen LogP contribution in [0.3, 0.4) is 0 Å². The molecule has 0 spiro atoms. The molecule has 88 valence electrons. The standard InChI is InChI=1S/C12H13ClN4/c1-7-2-4-10(8(13)6-7)16-11-5-3-9(14)12(15)17-11/h2-6H,14H2,1H3,(H3,15,16,17). The molecule has 0 atom stereocenters. The highest BCUT2D eigenvalue weighted by atomic mass is 35.5. The van der Waals surface area contributed by atoms with Crippen LogP contribution in [0.1, 0.15) is 5.56 Å². The van der Waals surface area contributed by atoms with Crippen molar-refractivity contribution < 1.29 is 0 Å². The molecule has 0 radical (unpaired) electrons. The molecule has 2 aromatic rings. The van der Waals surface area contributed by atoms with Crippen LogP contribution in [0.25, 0.3) is 0 Å². The molecule has 1 aromatic carbocycles. The highest BCUT2D eigenvalue weighted by molar-refractivity contribution is 6.33. The highest BCUT2D eigenvalue weighted by Crippen LogP contribution is 2.26. The number of hydrogen-bond donors (Lipinski definition) is 3. The summed E-state index contributed by atoms with van der Waals surface area (Å²) in [5.41, 5.74) is 13.6. The molecule has 5 N–H and O–H groups in total. The molecular formula is C12H13ClN4. The third kappa shape index (κ3) is 2.60. The van der Waals surface area contributed by atoms with Crippen molar-refractivity contribution in [2.75, 3.05) is 16.8 Å². The lowest BCUT2D eigenvalue weighted by atomic mass is 10.2. The number of anilines is 4. The maximum Gasteiger partial charge on any atom is 0.149 e. The minimum absolute atomic E-state index is 0.304. The average molecular weight is 249 g/mol. The number of halogens is 1. The van der Waals surface area contributed by atoms with Gasteiger partial charge in [-0.25, -0.2) is 4.98 Å². The molecule has 0 unspecified atom stereocenters. The molecule has 0 saturated carbocycles. The van der Waals surface area contributed by atoms with Gasteiger partial charge in [-0.15, -0.1) is 0 Å². The fraction of sp³-hybridized carbons (Fsp3) is 0.0833. The van der Waals surface area contributed by atoms with Gasteiger partial charge in [0.05, 0.1) is 16.4 Å². The summed E-state index contributed by atoms with van der Waals surface area (Å²) in [4.78, 5) is 4.11. The maximum absolute atomic E-state index is 6.10. The van der Waals surface area contributed by atoms with Crippen molar-refractivity contribution in [3.63, 3.8) is 0 Å². The third-order valence-corrected chi connectivity index (χ3v) is 2.66. The van der Waals surface area contributed by atoms with Crippen molar-refractivity contribution in [1.29, 1.82) is 0 Å². The van der Waals surface area contributed by atoms with Gasteiger partial charge in [-0.05, 0) is 36.8 Å². The molecule has 2 rings (SSSR count). The summed E-state index contributed by atoms with van der Waals surface area (Å²) >= 11 is 6.10. The maximum atomic E-state index is 6.10. The van der Waals surface area contributed by atoms with Crippen molar-refractivity contribution in [3.8, 4) is 0 Å². The zero-order valence-electron chi connectivity index (χ0n) is 9.37. The van der Waals surface area contributed by atoms with Crippen LogP contribution in [0.4, 0.5) is 23.0 Å². The lowest BCUT2D eigenvalue weighted by Crippen LogP contribution is -2.01. The predicted molar refractivity (Wildman–Crippen MR) is 72.5 cm³/mol. The minimum Gasteiger partial charge on any atom is -0.396 e. The molecule has 0 aliphatic heterocycles. The Labute approximate surface area is 105 Å². The van der Waals surface area contributed by atoms with E-state index in [0.29, 0.717) is 22.3 Å². The Morgan fingerprint density at radius 3 is 2.59 bits per heavy atom. The second-order valence-electron chi connectivity index (χ2n) is 3.78. The molecule has 0 fully saturated rings. The second-order valence-corrected chi connectivity index (χ2v) is 4.19. The quantitative estimate of drug-likeness (QED) is 0.764. The molecule has 5 heteroatoms. The van der Waals surface area contributed by atoms with Crippen LogP contribution >= 0.6 is 11.6 Å². The van der Waals surface area contributed by atoms with E-state index in [-0.39, 0.29) is 0 Å². The topological polar surface area (TPSA) is 77.0 Å². The zero-order chi connectivity index (χ0) is 12.4. The monoisotopic (exact) mass is 248 g/mol. The van der Waals surface area contributed by atoms with E-state index in [9.17, 15) is 0 Å². The molecule has 1 aromatic heterocycles. The van der Waals surface area contributed by atoms with E-state index in [1.165, 1.54) is 0 Å². The van der Waals surface area contributed by atoms with Gasteiger partial charge in [0.15, 0.2) is 0 Å². The second kappa shape index (κ2) is 4.51. The molecule has 0 aliphatic carbocycles. The molecule has 0 amide bonds. The van der Waals surface area contributed by atoms with Crippen LogP contribution in [0.5, 0.6) is 0 Å². The third-order valence-electron chi connectivity index (χ3n) is 2.34. The van der Waals surface area contributed by atoms with Crippen LogP contribution < -0.4 is 16.8 Å². The molecule has 17 heavy (non-hydrogen) atoms. The predicted octanol–water partition coefficient (Wildman–Crippen LogP) is 2.95. The Hall–Kier alpha value is -1.94. The van der Waals surface area contributed by atoms with E-state index in [1.54, 1.807) is 12.1 Å². The summed E-state index contributed by atoms with van der Waals surface area (Å²) in [6.45, 7) is 1.98. The van der Waals surface area contributed by atoms with Crippen LogP contribution in [0, 0.1) is 6.92 Å². The number of rotatable bonds is 2. The van der Waals surface area contributed by atoms with E-state index in [4.69, 9.17) is 23.1 Å². The summed E-state index contributed by atoms with van der Waals surface area (Å²) in [6.07, 6.45) is 0. The van der Waals surface area contributed by atoms with Crippen LogP contribution in [0.15, 0.2) is 30.3 Å². The van der Waals surface area contributed by atoms with Gasteiger partial charge in [-0.1, -0.05) is 17.7 Å². The van der Waals surface area contributed by atoms with Crippen LogP contribution in [-0.4, -0.2) is 4.98 Å². The minimum atomic E-state index is 0.304. The van der Waals surface area contributed by atoms with Crippen molar-refractivity contribution in [2.45, 2.75) is 6.92 Å². The van der Waals surface area contributed by atoms with E-state index in [1.807, 2.05) is 25.1 Å². The van der Waals surface area contributed by atoms with Crippen molar-refractivity contribution in [3.05, 3.63) is 40.9 Å². The Bertz CT molecular complexity index is 554. The number of benzene rings is 1. The zero-order valence-corrected chi connectivity index (χ0v) is 10.1. The molecule has 0 saturated heterocycles. The first-order valence-electron chi connectivity index (χ1n) is 5.11. The number of hydrogen-bond acceptors (Lipinski definition) is 4. The lowest BCUT2D eigenvalue weighted by molar-refractivity contribution is 1.31. The Morgan fingerprint density at radius 1 is 1.18 bits per heavy atom. The van der Waals surface area contributed by atoms with Gasteiger partial charge in [-0.3, -0.25) is 0 Å². The van der Waals surface area contributed by atoms with E-state index in [0.717, 1.165) is 11.3 Å². The summed E-state index contributed by atoms with van der Waals surface area (Å²) in [6, 6.07) is 9.19. The first-order valence-corrected chi connectivity index (χ1v) is 5.49. The first kappa shape index (κ1) is 11.5.